The Labute approximate surface area is 130 Å². The highest BCUT2D eigenvalue weighted by molar-refractivity contribution is 5.77. The van der Waals surface area contributed by atoms with Crippen molar-refractivity contribution in [2.24, 2.45) is 7.05 Å². The summed E-state index contributed by atoms with van der Waals surface area (Å²) in [4.78, 5) is 10.7. The van der Waals surface area contributed by atoms with Crippen LogP contribution in [0.3, 0.4) is 0 Å². The Bertz CT molecular complexity index is 796. The summed E-state index contributed by atoms with van der Waals surface area (Å²) in [6, 6.07) is 8.58. The van der Waals surface area contributed by atoms with Crippen LogP contribution in [0.25, 0.3) is 11.0 Å². The number of aryl methyl sites for hydroxylation is 2. The van der Waals surface area contributed by atoms with Gasteiger partial charge in [-0.1, -0.05) is 12.1 Å². The van der Waals surface area contributed by atoms with E-state index >= 15 is 0 Å². The Hall–Kier alpha value is -2.30. The van der Waals surface area contributed by atoms with Crippen LogP contribution in [-0.2, 0) is 7.05 Å². The third kappa shape index (κ3) is 1.92. The molecule has 1 N–H and O–H groups in total. The van der Waals surface area contributed by atoms with Crippen molar-refractivity contribution in [3.8, 4) is 0 Å². The van der Waals surface area contributed by atoms with Gasteiger partial charge >= 0.3 is 0 Å². The maximum atomic E-state index is 4.78. The Kier molecular flexibility index (Phi) is 2.96. The van der Waals surface area contributed by atoms with E-state index in [4.69, 9.17) is 4.98 Å². The number of fused-ring (bicyclic) bond motifs is 1. The van der Waals surface area contributed by atoms with Crippen LogP contribution in [-0.4, -0.2) is 26.3 Å². The molecule has 0 spiro atoms. The first-order valence-corrected chi connectivity index (χ1v) is 7.86. The van der Waals surface area contributed by atoms with Gasteiger partial charge in [0.05, 0.1) is 22.8 Å². The molecule has 114 valence electrons. The lowest BCUT2D eigenvalue weighted by atomic mass is 10.0. The molecule has 1 aliphatic heterocycles. The zero-order chi connectivity index (χ0) is 15.3. The summed E-state index contributed by atoms with van der Waals surface area (Å²) in [5.41, 5.74) is 5.88. The van der Waals surface area contributed by atoms with Crippen molar-refractivity contribution in [1.82, 2.24) is 19.7 Å². The van der Waals surface area contributed by atoms with Gasteiger partial charge in [0.15, 0.2) is 0 Å². The molecular weight excluding hydrogens is 274 g/mol. The Morgan fingerprint density at radius 3 is 2.77 bits per heavy atom. The number of anilines is 1. The number of nitrogens with one attached hydrogen (secondary N) is 1. The summed E-state index contributed by atoms with van der Waals surface area (Å²) in [5.74, 6) is 0.978. The van der Waals surface area contributed by atoms with Gasteiger partial charge in [-0.25, -0.2) is 4.98 Å². The fraction of sp³-hybridized carbons (Fsp3) is 0.412. The molecule has 5 heteroatoms. The van der Waals surface area contributed by atoms with Crippen molar-refractivity contribution < 1.29 is 0 Å². The minimum atomic E-state index is 0.370. The number of aromatic amines is 1. The monoisotopic (exact) mass is 295 g/mol. The van der Waals surface area contributed by atoms with Gasteiger partial charge in [-0.05, 0) is 38.8 Å². The molecule has 1 aliphatic rings. The second-order valence-electron chi connectivity index (χ2n) is 6.14. The number of aromatic nitrogens is 4. The Morgan fingerprint density at radius 1 is 1.23 bits per heavy atom. The molecule has 1 atom stereocenters. The van der Waals surface area contributed by atoms with Crippen molar-refractivity contribution in [2.45, 2.75) is 32.7 Å². The van der Waals surface area contributed by atoms with Gasteiger partial charge in [0.1, 0.15) is 0 Å². The minimum absolute atomic E-state index is 0.370. The molecule has 0 amide bonds. The minimum Gasteiger partial charge on any atom is -0.335 e. The summed E-state index contributed by atoms with van der Waals surface area (Å²) in [5, 5.41) is 4.59. The molecule has 0 bridgehead atoms. The van der Waals surface area contributed by atoms with Gasteiger partial charge in [-0.15, -0.1) is 0 Å². The van der Waals surface area contributed by atoms with Crippen molar-refractivity contribution in [3.05, 3.63) is 41.2 Å². The van der Waals surface area contributed by atoms with E-state index in [1.54, 1.807) is 0 Å². The largest absolute Gasteiger partial charge is 0.335 e. The molecule has 1 aromatic carbocycles. The normalized spacial score (nSPS) is 18.5. The second-order valence-corrected chi connectivity index (χ2v) is 6.14. The molecule has 5 nitrogen and oxygen atoms in total. The number of benzene rings is 1. The van der Waals surface area contributed by atoms with E-state index in [0.29, 0.717) is 6.04 Å². The quantitative estimate of drug-likeness (QED) is 0.789. The number of hydrogen-bond acceptors (Lipinski definition) is 3. The van der Waals surface area contributed by atoms with E-state index in [2.05, 4.69) is 41.0 Å². The molecule has 1 fully saturated rings. The Morgan fingerprint density at radius 2 is 2.05 bits per heavy atom. The molecule has 22 heavy (non-hydrogen) atoms. The lowest BCUT2D eigenvalue weighted by Gasteiger charge is -2.24. The third-order valence-corrected chi connectivity index (χ3v) is 4.80. The number of hydrogen-bond donors (Lipinski definition) is 1. The molecule has 0 aliphatic carbocycles. The number of rotatable bonds is 2. The fourth-order valence-electron chi connectivity index (χ4n) is 3.67. The summed E-state index contributed by atoms with van der Waals surface area (Å²) in [6.45, 7) is 5.31. The van der Waals surface area contributed by atoms with Crippen LogP contribution in [0.4, 0.5) is 5.95 Å². The van der Waals surface area contributed by atoms with Crippen LogP contribution in [0.2, 0.25) is 0 Å². The summed E-state index contributed by atoms with van der Waals surface area (Å²) in [7, 11) is 2.02. The highest BCUT2D eigenvalue weighted by atomic mass is 15.3. The van der Waals surface area contributed by atoms with Crippen molar-refractivity contribution in [2.75, 3.05) is 11.4 Å². The first-order chi connectivity index (χ1) is 10.6. The van der Waals surface area contributed by atoms with Crippen molar-refractivity contribution >= 4 is 17.0 Å². The van der Waals surface area contributed by atoms with Crippen LogP contribution in [0.5, 0.6) is 0 Å². The van der Waals surface area contributed by atoms with Gasteiger partial charge in [-0.3, -0.25) is 4.68 Å². The van der Waals surface area contributed by atoms with E-state index in [1.807, 2.05) is 23.9 Å². The first kappa shape index (κ1) is 13.4. The average molecular weight is 295 g/mol. The molecule has 3 aromatic rings. The maximum absolute atomic E-state index is 4.78. The van der Waals surface area contributed by atoms with E-state index in [0.717, 1.165) is 35.6 Å². The van der Waals surface area contributed by atoms with Gasteiger partial charge in [0.25, 0.3) is 0 Å². The topological polar surface area (TPSA) is 49.7 Å². The Balaban J connectivity index is 1.77. The summed E-state index contributed by atoms with van der Waals surface area (Å²) >= 11 is 0. The van der Waals surface area contributed by atoms with Crippen molar-refractivity contribution in [3.63, 3.8) is 0 Å². The molecule has 0 radical (unpaired) electrons. The zero-order valence-corrected chi connectivity index (χ0v) is 13.3. The summed E-state index contributed by atoms with van der Waals surface area (Å²) in [6.07, 6.45) is 2.35. The summed E-state index contributed by atoms with van der Waals surface area (Å²) < 4.78 is 1.99. The van der Waals surface area contributed by atoms with E-state index in [9.17, 15) is 0 Å². The van der Waals surface area contributed by atoms with E-state index in [-0.39, 0.29) is 0 Å². The predicted molar refractivity (Wildman–Crippen MR) is 88.1 cm³/mol. The number of H-pyrrole nitrogens is 1. The first-order valence-electron chi connectivity index (χ1n) is 7.86. The molecular formula is C17H21N5. The lowest BCUT2D eigenvalue weighted by Crippen LogP contribution is -2.24. The van der Waals surface area contributed by atoms with E-state index < -0.39 is 0 Å². The van der Waals surface area contributed by atoms with Gasteiger partial charge in [0, 0.05) is 24.8 Å². The van der Waals surface area contributed by atoms with Gasteiger partial charge < -0.3 is 9.88 Å². The number of nitrogens with zero attached hydrogens (tertiary/aromatic N) is 4. The average Bonchev–Trinajstić information content (AvgIpc) is 3.17. The highest BCUT2D eigenvalue weighted by Crippen LogP contribution is 2.38. The molecule has 0 saturated carbocycles. The highest BCUT2D eigenvalue weighted by Gasteiger charge is 2.32. The van der Waals surface area contributed by atoms with Crippen LogP contribution in [0.15, 0.2) is 24.3 Å². The molecule has 2 aromatic heterocycles. The lowest BCUT2D eigenvalue weighted by molar-refractivity contribution is 0.689. The molecule has 1 unspecified atom stereocenters. The molecule has 3 heterocycles. The zero-order valence-electron chi connectivity index (χ0n) is 13.3. The number of para-hydroxylation sites is 2. The van der Waals surface area contributed by atoms with Crippen LogP contribution >= 0.6 is 0 Å². The fourth-order valence-corrected chi connectivity index (χ4v) is 3.67. The van der Waals surface area contributed by atoms with Gasteiger partial charge in [-0.2, -0.15) is 5.10 Å². The van der Waals surface area contributed by atoms with Crippen molar-refractivity contribution in [1.29, 1.82) is 0 Å². The predicted octanol–water partition coefficient (Wildman–Crippen LogP) is 3.25. The van der Waals surface area contributed by atoms with Gasteiger partial charge in [0.2, 0.25) is 5.95 Å². The van der Waals surface area contributed by atoms with E-state index in [1.165, 1.54) is 17.7 Å². The third-order valence-electron chi connectivity index (χ3n) is 4.80. The number of imidazole rings is 1. The van der Waals surface area contributed by atoms with Crippen LogP contribution in [0, 0.1) is 13.8 Å². The van der Waals surface area contributed by atoms with Crippen LogP contribution < -0.4 is 4.90 Å². The second kappa shape index (κ2) is 4.87. The van der Waals surface area contributed by atoms with Crippen LogP contribution in [0.1, 0.15) is 35.8 Å². The SMILES string of the molecule is Cc1nn(C)c(C)c1C1CCCN1c1nc2ccccc2[nH]1. The molecule has 1 saturated heterocycles. The maximum Gasteiger partial charge on any atom is 0.204 e. The molecule has 4 rings (SSSR count). The standard InChI is InChI=1S/C17H21N5/c1-11-16(12(2)21(3)20-11)15-9-6-10-22(15)17-18-13-7-4-5-8-14(13)19-17/h4-5,7-8,15H,6,9-10H2,1-3H3,(H,18,19). The smallest absolute Gasteiger partial charge is 0.204 e.